The van der Waals surface area contributed by atoms with Gasteiger partial charge in [0.15, 0.2) is 0 Å². The number of aromatic nitrogens is 2. The number of ether oxygens (including phenoxy) is 1. The van der Waals surface area contributed by atoms with Gasteiger partial charge in [-0.05, 0) is 47.6 Å². The lowest BCUT2D eigenvalue weighted by molar-refractivity contribution is -0.161. The Balaban J connectivity index is 2.81. The third kappa shape index (κ3) is 3.84. The van der Waals surface area contributed by atoms with Gasteiger partial charge in [-0.1, -0.05) is 0 Å². The SMILES string of the molecule is Cc1cc(C)n(CC(C)(N)C(=O)OC(C)(C)C)n1. The molecule has 1 heterocycles. The molecule has 0 fully saturated rings. The minimum Gasteiger partial charge on any atom is -0.459 e. The molecule has 0 saturated heterocycles. The van der Waals surface area contributed by atoms with Gasteiger partial charge >= 0.3 is 5.97 Å². The van der Waals surface area contributed by atoms with Crippen molar-refractivity contribution in [2.24, 2.45) is 5.73 Å². The van der Waals surface area contributed by atoms with Gasteiger partial charge in [-0.15, -0.1) is 0 Å². The van der Waals surface area contributed by atoms with E-state index in [-0.39, 0.29) is 0 Å². The highest BCUT2D eigenvalue weighted by molar-refractivity contribution is 5.80. The van der Waals surface area contributed by atoms with Crippen LogP contribution in [0.5, 0.6) is 0 Å². The molecule has 5 heteroatoms. The van der Waals surface area contributed by atoms with Crippen molar-refractivity contribution in [2.75, 3.05) is 0 Å². The van der Waals surface area contributed by atoms with Gasteiger partial charge in [0.1, 0.15) is 11.1 Å². The van der Waals surface area contributed by atoms with Crippen molar-refractivity contribution in [1.82, 2.24) is 9.78 Å². The topological polar surface area (TPSA) is 70.1 Å². The van der Waals surface area contributed by atoms with Crippen molar-refractivity contribution in [3.8, 4) is 0 Å². The zero-order chi connectivity index (χ0) is 14.1. The average Bonchev–Trinajstić information content (AvgIpc) is 2.41. The van der Waals surface area contributed by atoms with Crippen molar-refractivity contribution >= 4 is 5.97 Å². The average molecular weight is 253 g/mol. The number of aryl methyl sites for hydroxylation is 2. The van der Waals surface area contributed by atoms with E-state index in [1.165, 1.54) is 0 Å². The molecule has 0 amide bonds. The second-order valence-corrected chi connectivity index (χ2v) is 6.00. The highest BCUT2D eigenvalue weighted by Crippen LogP contribution is 2.15. The summed E-state index contributed by atoms with van der Waals surface area (Å²) < 4.78 is 7.05. The summed E-state index contributed by atoms with van der Waals surface area (Å²) in [4.78, 5) is 12.0. The van der Waals surface area contributed by atoms with Crippen LogP contribution in [-0.2, 0) is 16.1 Å². The summed E-state index contributed by atoms with van der Waals surface area (Å²) >= 11 is 0. The van der Waals surface area contributed by atoms with Crippen molar-refractivity contribution in [3.63, 3.8) is 0 Å². The second-order valence-electron chi connectivity index (χ2n) is 6.00. The van der Waals surface area contributed by atoms with E-state index in [1.54, 1.807) is 11.6 Å². The quantitative estimate of drug-likeness (QED) is 0.830. The smallest absolute Gasteiger partial charge is 0.328 e. The molecule has 1 unspecified atom stereocenters. The zero-order valence-corrected chi connectivity index (χ0v) is 12.1. The third-order valence-electron chi connectivity index (χ3n) is 2.45. The summed E-state index contributed by atoms with van der Waals surface area (Å²) in [6, 6.07) is 1.95. The van der Waals surface area contributed by atoms with Gasteiger partial charge in [-0.2, -0.15) is 5.10 Å². The normalized spacial score (nSPS) is 15.3. The maximum absolute atomic E-state index is 12.0. The van der Waals surface area contributed by atoms with Gasteiger partial charge in [0.25, 0.3) is 0 Å². The molecule has 1 aromatic heterocycles. The van der Waals surface area contributed by atoms with Crippen LogP contribution < -0.4 is 5.73 Å². The Hall–Kier alpha value is -1.36. The van der Waals surface area contributed by atoms with Crippen molar-refractivity contribution in [2.45, 2.75) is 59.2 Å². The number of carbonyl (C=O) groups is 1. The van der Waals surface area contributed by atoms with Crippen LogP contribution in [0.1, 0.15) is 39.1 Å². The minimum absolute atomic E-state index is 0.307. The van der Waals surface area contributed by atoms with E-state index < -0.39 is 17.1 Å². The third-order valence-corrected chi connectivity index (χ3v) is 2.45. The Labute approximate surface area is 108 Å². The molecule has 1 aromatic rings. The standard InChI is InChI=1S/C13H23N3O2/c1-9-7-10(2)16(15-9)8-13(6,14)11(17)18-12(3,4)5/h7H,8,14H2,1-6H3. The number of nitrogens with zero attached hydrogens (tertiary/aromatic N) is 2. The first kappa shape index (κ1) is 14.7. The van der Waals surface area contributed by atoms with Gasteiger partial charge in [-0.3, -0.25) is 4.68 Å². The van der Waals surface area contributed by atoms with Crippen LogP contribution in [0, 0.1) is 13.8 Å². The predicted octanol–water partition coefficient (Wildman–Crippen LogP) is 1.56. The van der Waals surface area contributed by atoms with E-state index in [0.29, 0.717) is 6.54 Å². The molecule has 0 aliphatic rings. The number of hydrogen-bond donors (Lipinski definition) is 1. The van der Waals surface area contributed by atoms with Gasteiger partial charge in [-0.25, -0.2) is 4.79 Å². The maximum Gasteiger partial charge on any atom is 0.328 e. The molecular weight excluding hydrogens is 230 g/mol. The van der Waals surface area contributed by atoms with Crippen molar-refractivity contribution in [3.05, 3.63) is 17.5 Å². The lowest BCUT2D eigenvalue weighted by Gasteiger charge is -2.28. The predicted molar refractivity (Wildman–Crippen MR) is 70.1 cm³/mol. The van der Waals surface area contributed by atoms with Crippen LogP contribution in [0.15, 0.2) is 6.07 Å². The van der Waals surface area contributed by atoms with Crippen LogP contribution in [0.25, 0.3) is 0 Å². The lowest BCUT2D eigenvalue weighted by Crippen LogP contribution is -2.51. The summed E-state index contributed by atoms with van der Waals surface area (Å²) in [6.07, 6.45) is 0. The second kappa shape index (κ2) is 4.72. The maximum atomic E-state index is 12.0. The first-order valence-corrected chi connectivity index (χ1v) is 6.05. The fraction of sp³-hybridized carbons (Fsp3) is 0.692. The number of esters is 1. The fourth-order valence-corrected chi connectivity index (χ4v) is 1.61. The Morgan fingerprint density at radius 3 is 2.33 bits per heavy atom. The molecule has 0 radical (unpaired) electrons. The highest BCUT2D eigenvalue weighted by Gasteiger charge is 2.34. The zero-order valence-electron chi connectivity index (χ0n) is 12.1. The van der Waals surface area contributed by atoms with Crippen molar-refractivity contribution in [1.29, 1.82) is 0 Å². The molecule has 0 aromatic carbocycles. The Morgan fingerprint density at radius 1 is 1.39 bits per heavy atom. The summed E-state index contributed by atoms with van der Waals surface area (Å²) in [5, 5.41) is 4.30. The number of hydrogen-bond acceptors (Lipinski definition) is 4. The molecule has 5 nitrogen and oxygen atoms in total. The number of carbonyl (C=O) groups excluding carboxylic acids is 1. The van der Waals surface area contributed by atoms with E-state index in [1.807, 2.05) is 40.7 Å². The van der Waals surface area contributed by atoms with Gasteiger partial charge in [0.05, 0.1) is 12.2 Å². The highest BCUT2D eigenvalue weighted by atomic mass is 16.6. The molecule has 0 aliphatic carbocycles. The molecule has 0 aliphatic heterocycles. The van der Waals surface area contributed by atoms with Crippen LogP contribution >= 0.6 is 0 Å². The number of nitrogens with two attached hydrogens (primary N) is 1. The van der Waals surface area contributed by atoms with E-state index in [9.17, 15) is 4.79 Å². The first-order valence-electron chi connectivity index (χ1n) is 6.05. The van der Waals surface area contributed by atoms with E-state index in [2.05, 4.69) is 5.10 Å². The molecule has 102 valence electrons. The monoisotopic (exact) mass is 253 g/mol. The molecular formula is C13H23N3O2. The molecule has 1 atom stereocenters. The summed E-state index contributed by atoms with van der Waals surface area (Å²) in [5.41, 5.74) is 6.31. The fourth-order valence-electron chi connectivity index (χ4n) is 1.61. The largest absolute Gasteiger partial charge is 0.459 e. The van der Waals surface area contributed by atoms with Gasteiger partial charge in [0.2, 0.25) is 0 Å². The minimum atomic E-state index is -1.09. The van der Waals surface area contributed by atoms with E-state index in [0.717, 1.165) is 11.4 Å². The van der Waals surface area contributed by atoms with Crippen LogP contribution in [-0.4, -0.2) is 26.9 Å². The number of rotatable bonds is 3. The summed E-state index contributed by atoms with van der Waals surface area (Å²) in [6.45, 7) is 11.3. The molecule has 0 bridgehead atoms. The molecule has 18 heavy (non-hydrogen) atoms. The molecule has 0 saturated carbocycles. The van der Waals surface area contributed by atoms with Crippen LogP contribution in [0.3, 0.4) is 0 Å². The van der Waals surface area contributed by atoms with Crippen LogP contribution in [0.4, 0.5) is 0 Å². The summed E-state index contributed by atoms with van der Waals surface area (Å²) in [5.74, 6) is -0.414. The molecule has 1 rings (SSSR count). The van der Waals surface area contributed by atoms with Gasteiger partial charge < -0.3 is 10.5 Å². The lowest BCUT2D eigenvalue weighted by atomic mass is 10.0. The molecule has 2 N–H and O–H groups in total. The Bertz CT molecular complexity index is 442. The first-order chi connectivity index (χ1) is 8.01. The van der Waals surface area contributed by atoms with E-state index in [4.69, 9.17) is 10.5 Å². The Kier molecular flexibility index (Phi) is 3.86. The Morgan fingerprint density at radius 2 is 1.94 bits per heavy atom. The van der Waals surface area contributed by atoms with Crippen LogP contribution in [0.2, 0.25) is 0 Å². The summed E-state index contributed by atoms with van der Waals surface area (Å²) in [7, 11) is 0. The van der Waals surface area contributed by atoms with Crippen molar-refractivity contribution < 1.29 is 9.53 Å². The molecule has 0 spiro atoms. The van der Waals surface area contributed by atoms with E-state index >= 15 is 0 Å². The van der Waals surface area contributed by atoms with Gasteiger partial charge in [0, 0.05) is 5.69 Å².